The predicted octanol–water partition coefficient (Wildman–Crippen LogP) is 4.03. The molecule has 3 nitrogen and oxygen atoms in total. The van der Waals surface area contributed by atoms with Crippen LogP contribution in [-0.2, 0) is 4.79 Å². The number of halogens is 1. The monoisotopic (exact) mass is 317 g/mol. The quantitative estimate of drug-likeness (QED) is 0.869. The van der Waals surface area contributed by atoms with Crippen LogP contribution in [0.2, 0.25) is 5.02 Å². The summed E-state index contributed by atoms with van der Waals surface area (Å²) in [5.74, 6) is -0.181. The van der Waals surface area contributed by atoms with E-state index in [-0.39, 0.29) is 18.1 Å². The van der Waals surface area contributed by atoms with Gasteiger partial charge < -0.3 is 5.32 Å². The van der Waals surface area contributed by atoms with Crippen LogP contribution in [0.3, 0.4) is 0 Å². The van der Waals surface area contributed by atoms with E-state index in [1.807, 2.05) is 24.3 Å². The minimum Gasteiger partial charge on any atom is -0.324 e. The normalized spacial score (nSPS) is 17.0. The molecule has 0 aromatic heterocycles. The van der Waals surface area contributed by atoms with Gasteiger partial charge in [-0.15, -0.1) is 11.8 Å². The maximum atomic E-state index is 12.2. The summed E-state index contributed by atoms with van der Waals surface area (Å²) >= 11 is 7.24. The molecule has 1 amide bonds. The molecule has 0 spiro atoms. The molecule has 1 aliphatic rings. The fourth-order valence-electron chi connectivity index (χ4n) is 2.15. The molecule has 1 atom stereocenters. The van der Waals surface area contributed by atoms with Gasteiger partial charge in [0.15, 0.2) is 5.78 Å². The zero-order valence-electron chi connectivity index (χ0n) is 11.0. The van der Waals surface area contributed by atoms with Crippen LogP contribution in [0, 0.1) is 0 Å². The lowest BCUT2D eigenvalue weighted by Crippen LogP contribution is -2.30. The molecule has 0 fully saturated rings. The van der Waals surface area contributed by atoms with Gasteiger partial charge in [-0.2, -0.15) is 0 Å². The maximum Gasteiger partial charge on any atom is 0.238 e. The first-order chi connectivity index (χ1) is 10.1. The number of nitrogens with one attached hydrogen (secondary N) is 1. The predicted molar refractivity (Wildman–Crippen MR) is 85.1 cm³/mol. The molecule has 0 radical (unpaired) electrons. The highest BCUT2D eigenvalue weighted by Crippen LogP contribution is 2.37. The molecule has 21 heavy (non-hydrogen) atoms. The summed E-state index contributed by atoms with van der Waals surface area (Å²) in [4.78, 5) is 25.3. The molecule has 106 valence electrons. The van der Waals surface area contributed by atoms with Crippen molar-refractivity contribution >= 4 is 40.7 Å². The van der Waals surface area contributed by atoms with E-state index in [0.29, 0.717) is 10.6 Å². The Bertz CT molecular complexity index is 700. The van der Waals surface area contributed by atoms with Crippen LogP contribution in [-0.4, -0.2) is 16.9 Å². The van der Waals surface area contributed by atoms with Crippen LogP contribution >= 0.6 is 23.4 Å². The fraction of sp³-hybridized carbons (Fsp3) is 0.125. The maximum absolute atomic E-state index is 12.2. The average Bonchev–Trinajstić information content (AvgIpc) is 2.48. The highest BCUT2D eigenvalue weighted by atomic mass is 35.5. The van der Waals surface area contributed by atoms with Crippen molar-refractivity contribution in [2.45, 2.75) is 16.6 Å². The first kappa shape index (κ1) is 14.2. The first-order valence-electron chi connectivity index (χ1n) is 6.49. The summed E-state index contributed by atoms with van der Waals surface area (Å²) in [6.07, 6.45) is 0.173. The molecular weight excluding hydrogens is 306 g/mol. The summed E-state index contributed by atoms with van der Waals surface area (Å²) in [6.45, 7) is 0. The van der Waals surface area contributed by atoms with Gasteiger partial charge in [0.2, 0.25) is 5.91 Å². The molecule has 1 heterocycles. The van der Waals surface area contributed by atoms with E-state index in [0.717, 1.165) is 10.6 Å². The molecule has 2 aromatic rings. The fourth-order valence-corrected chi connectivity index (χ4v) is 3.39. The second-order valence-electron chi connectivity index (χ2n) is 4.73. The number of ketones is 1. The van der Waals surface area contributed by atoms with Crippen molar-refractivity contribution in [3.05, 3.63) is 59.1 Å². The number of hydrogen-bond donors (Lipinski definition) is 1. The third-order valence-electron chi connectivity index (χ3n) is 3.24. The van der Waals surface area contributed by atoms with Gasteiger partial charge in [-0.1, -0.05) is 23.7 Å². The second-order valence-corrected chi connectivity index (χ2v) is 6.41. The molecule has 0 bridgehead atoms. The molecule has 2 aromatic carbocycles. The number of Topliss-reactive ketones (excluding diaryl/α,β-unsaturated/α-hetero) is 1. The standard InChI is InChI=1S/C16H12ClNO2S/c17-11-7-5-10(6-8-11)13(19)9-15-16(20)18-12-3-1-2-4-14(12)21-15/h1-8,15H,9H2,(H,18,20)/t15-/m1/s1. The van der Waals surface area contributed by atoms with Gasteiger partial charge in [0, 0.05) is 21.9 Å². The van der Waals surface area contributed by atoms with Crippen LogP contribution in [0.5, 0.6) is 0 Å². The van der Waals surface area contributed by atoms with Gasteiger partial charge in [0.25, 0.3) is 0 Å². The van der Waals surface area contributed by atoms with Crippen molar-refractivity contribution in [1.29, 1.82) is 0 Å². The minimum absolute atomic E-state index is 0.0568. The Labute approximate surface area is 131 Å². The van der Waals surface area contributed by atoms with Gasteiger partial charge in [0.1, 0.15) is 0 Å². The number of thioether (sulfide) groups is 1. The van der Waals surface area contributed by atoms with Gasteiger partial charge in [0.05, 0.1) is 10.9 Å². The molecule has 0 saturated heterocycles. The van der Waals surface area contributed by atoms with Gasteiger partial charge in [-0.3, -0.25) is 9.59 Å². The van der Waals surface area contributed by atoms with Crippen molar-refractivity contribution in [2.24, 2.45) is 0 Å². The lowest BCUT2D eigenvalue weighted by Gasteiger charge is -2.23. The average molecular weight is 318 g/mol. The Morgan fingerprint density at radius 1 is 1.14 bits per heavy atom. The number of rotatable bonds is 3. The summed E-state index contributed by atoms with van der Waals surface area (Å²) in [7, 11) is 0. The minimum atomic E-state index is -0.400. The van der Waals surface area contributed by atoms with Crippen LogP contribution in [0.25, 0.3) is 0 Å². The molecule has 0 saturated carbocycles. The molecule has 0 aliphatic carbocycles. The first-order valence-corrected chi connectivity index (χ1v) is 7.74. The third-order valence-corrected chi connectivity index (χ3v) is 4.77. The van der Waals surface area contributed by atoms with E-state index in [4.69, 9.17) is 11.6 Å². The largest absolute Gasteiger partial charge is 0.324 e. The van der Waals surface area contributed by atoms with Crippen molar-refractivity contribution in [3.8, 4) is 0 Å². The van der Waals surface area contributed by atoms with Crippen LogP contribution in [0.4, 0.5) is 5.69 Å². The lowest BCUT2D eigenvalue weighted by molar-refractivity contribution is -0.115. The number of hydrogen-bond acceptors (Lipinski definition) is 3. The van der Waals surface area contributed by atoms with Gasteiger partial charge in [-0.05, 0) is 36.4 Å². The van der Waals surface area contributed by atoms with Crippen LogP contribution in [0.15, 0.2) is 53.4 Å². The third kappa shape index (κ3) is 3.12. The van der Waals surface area contributed by atoms with Crippen LogP contribution < -0.4 is 5.32 Å². The Kier molecular flexibility index (Phi) is 3.99. The number of amides is 1. The van der Waals surface area contributed by atoms with E-state index >= 15 is 0 Å². The summed E-state index contributed by atoms with van der Waals surface area (Å²) in [5, 5.41) is 3.03. The summed E-state index contributed by atoms with van der Waals surface area (Å²) in [5.41, 5.74) is 1.38. The Balaban J connectivity index is 1.75. The van der Waals surface area contributed by atoms with E-state index in [1.165, 1.54) is 11.8 Å². The van der Waals surface area contributed by atoms with Crippen molar-refractivity contribution in [3.63, 3.8) is 0 Å². The number of para-hydroxylation sites is 1. The Morgan fingerprint density at radius 3 is 2.62 bits per heavy atom. The van der Waals surface area contributed by atoms with E-state index < -0.39 is 5.25 Å². The number of fused-ring (bicyclic) bond motifs is 1. The van der Waals surface area contributed by atoms with E-state index in [1.54, 1.807) is 24.3 Å². The van der Waals surface area contributed by atoms with E-state index in [9.17, 15) is 9.59 Å². The highest BCUT2D eigenvalue weighted by molar-refractivity contribution is 8.01. The zero-order chi connectivity index (χ0) is 14.8. The van der Waals surface area contributed by atoms with Crippen LogP contribution in [0.1, 0.15) is 16.8 Å². The Morgan fingerprint density at radius 2 is 1.86 bits per heavy atom. The molecule has 1 N–H and O–H groups in total. The highest BCUT2D eigenvalue weighted by Gasteiger charge is 2.28. The molecular formula is C16H12ClNO2S. The van der Waals surface area contributed by atoms with Crippen molar-refractivity contribution < 1.29 is 9.59 Å². The SMILES string of the molecule is O=C(C[C@H]1Sc2ccccc2NC1=O)c1ccc(Cl)cc1. The molecule has 1 aliphatic heterocycles. The lowest BCUT2D eigenvalue weighted by atomic mass is 10.1. The van der Waals surface area contributed by atoms with E-state index in [2.05, 4.69) is 5.32 Å². The topological polar surface area (TPSA) is 46.2 Å². The number of benzene rings is 2. The summed E-state index contributed by atoms with van der Waals surface area (Å²) in [6, 6.07) is 14.3. The molecule has 0 unspecified atom stereocenters. The summed E-state index contributed by atoms with van der Waals surface area (Å²) < 4.78 is 0. The second kappa shape index (κ2) is 5.92. The van der Waals surface area contributed by atoms with Gasteiger partial charge in [-0.25, -0.2) is 0 Å². The Hall–Kier alpha value is -1.78. The number of carbonyl (C=O) groups excluding carboxylic acids is 2. The van der Waals surface area contributed by atoms with Crippen molar-refractivity contribution in [1.82, 2.24) is 0 Å². The number of carbonyl (C=O) groups is 2. The number of anilines is 1. The zero-order valence-corrected chi connectivity index (χ0v) is 12.6. The van der Waals surface area contributed by atoms with Crippen molar-refractivity contribution in [2.75, 3.05) is 5.32 Å². The molecule has 3 rings (SSSR count). The smallest absolute Gasteiger partial charge is 0.238 e. The molecule has 5 heteroatoms. The van der Waals surface area contributed by atoms with Gasteiger partial charge >= 0.3 is 0 Å².